The van der Waals surface area contributed by atoms with E-state index in [1.807, 2.05) is 6.07 Å². The van der Waals surface area contributed by atoms with Gasteiger partial charge in [0.25, 0.3) is 5.56 Å². The van der Waals surface area contributed by atoms with Crippen molar-refractivity contribution in [2.24, 2.45) is 5.73 Å². The Bertz CT molecular complexity index is 556. The first-order valence-electron chi connectivity index (χ1n) is 4.51. The highest BCUT2D eigenvalue weighted by atomic mass is 16.6. The lowest BCUT2D eigenvalue weighted by Crippen LogP contribution is -2.16. The Balaban J connectivity index is 2.40. The van der Waals surface area contributed by atoms with Crippen molar-refractivity contribution in [3.05, 3.63) is 46.8 Å². The third kappa shape index (κ3) is 1.95. The molecule has 0 aliphatic heterocycles. The summed E-state index contributed by atoms with van der Waals surface area (Å²) in [5.74, 6) is 0.0151. The second-order valence-electron chi connectivity index (χ2n) is 3.05. The standard InChI is InChI=1S/C10H9N3O3/c11-10(15)16-8-6-9(14)13(12-8)7-4-2-1-3-5-7/h1-6,12H,(H2,11,15). The topological polar surface area (TPSA) is 90.1 Å². The van der Waals surface area contributed by atoms with Gasteiger partial charge in [-0.05, 0) is 12.1 Å². The van der Waals surface area contributed by atoms with Gasteiger partial charge in [0.05, 0.1) is 11.8 Å². The number of rotatable bonds is 2. The predicted molar refractivity (Wildman–Crippen MR) is 56.6 cm³/mol. The summed E-state index contributed by atoms with van der Waals surface area (Å²) < 4.78 is 5.81. The third-order valence-corrected chi connectivity index (χ3v) is 1.92. The van der Waals surface area contributed by atoms with Crippen LogP contribution in [0.2, 0.25) is 0 Å². The van der Waals surface area contributed by atoms with E-state index in [1.165, 1.54) is 4.68 Å². The molecule has 2 aromatic rings. The zero-order valence-corrected chi connectivity index (χ0v) is 8.21. The van der Waals surface area contributed by atoms with E-state index in [9.17, 15) is 9.59 Å². The SMILES string of the molecule is NC(=O)Oc1cc(=O)n(-c2ccccc2)[nH]1. The fourth-order valence-corrected chi connectivity index (χ4v) is 1.30. The number of H-pyrrole nitrogens is 1. The van der Waals surface area contributed by atoms with Gasteiger partial charge in [-0.25, -0.2) is 9.48 Å². The summed E-state index contributed by atoms with van der Waals surface area (Å²) >= 11 is 0. The van der Waals surface area contributed by atoms with Gasteiger partial charge in [-0.3, -0.25) is 9.89 Å². The van der Waals surface area contributed by atoms with E-state index >= 15 is 0 Å². The molecule has 0 atom stereocenters. The average Bonchev–Trinajstić information content (AvgIpc) is 2.60. The van der Waals surface area contributed by atoms with E-state index in [0.29, 0.717) is 5.69 Å². The van der Waals surface area contributed by atoms with E-state index in [2.05, 4.69) is 9.84 Å². The van der Waals surface area contributed by atoms with Crippen molar-refractivity contribution in [1.29, 1.82) is 0 Å². The van der Waals surface area contributed by atoms with Crippen LogP contribution in [0, 0.1) is 0 Å². The van der Waals surface area contributed by atoms with Crippen LogP contribution in [0.1, 0.15) is 0 Å². The van der Waals surface area contributed by atoms with E-state index in [1.54, 1.807) is 24.3 Å². The van der Waals surface area contributed by atoms with Crippen molar-refractivity contribution in [2.75, 3.05) is 0 Å². The van der Waals surface area contributed by atoms with Crippen LogP contribution in [0.15, 0.2) is 41.2 Å². The minimum Gasteiger partial charge on any atom is -0.392 e. The first-order chi connectivity index (χ1) is 7.66. The van der Waals surface area contributed by atoms with Gasteiger partial charge in [0.2, 0.25) is 5.88 Å². The molecule has 6 nitrogen and oxygen atoms in total. The number of carbonyl (C=O) groups is 1. The molecule has 2 rings (SSSR count). The number of nitrogens with zero attached hydrogens (tertiary/aromatic N) is 1. The first kappa shape index (κ1) is 10.0. The maximum atomic E-state index is 11.5. The average molecular weight is 219 g/mol. The van der Waals surface area contributed by atoms with Gasteiger partial charge in [-0.1, -0.05) is 18.2 Å². The molecule has 0 saturated heterocycles. The highest BCUT2D eigenvalue weighted by Gasteiger charge is 2.07. The van der Waals surface area contributed by atoms with Crippen molar-refractivity contribution in [3.8, 4) is 11.6 Å². The Morgan fingerprint density at radius 3 is 2.62 bits per heavy atom. The number of nitrogens with one attached hydrogen (secondary N) is 1. The Hall–Kier alpha value is -2.50. The molecular weight excluding hydrogens is 210 g/mol. The number of aromatic nitrogens is 2. The molecule has 1 aromatic carbocycles. The van der Waals surface area contributed by atoms with Gasteiger partial charge >= 0.3 is 6.09 Å². The minimum atomic E-state index is -0.971. The van der Waals surface area contributed by atoms with Crippen LogP contribution in [-0.4, -0.2) is 15.9 Å². The van der Waals surface area contributed by atoms with Gasteiger partial charge < -0.3 is 10.5 Å². The fourth-order valence-electron chi connectivity index (χ4n) is 1.30. The second-order valence-corrected chi connectivity index (χ2v) is 3.05. The molecular formula is C10H9N3O3. The maximum Gasteiger partial charge on any atom is 0.411 e. The number of amides is 1. The molecule has 16 heavy (non-hydrogen) atoms. The number of ether oxygens (including phenoxy) is 1. The van der Waals surface area contributed by atoms with Gasteiger partial charge in [-0.2, -0.15) is 0 Å². The van der Waals surface area contributed by atoms with Crippen LogP contribution in [0.5, 0.6) is 5.88 Å². The highest BCUT2D eigenvalue weighted by molar-refractivity contribution is 5.67. The molecule has 1 aromatic heterocycles. The Kier molecular flexibility index (Phi) is 2.47. The van der Waals surface area contributed by atoms with Crippen LogP contribution < -0.4 is 16.0 Å². The maximum absolute atomic E-state index is 11.5. The van der Waals surface area contributed by atoms with Crippen molar-refractivity contribution in [3.63, 3.8) is 0 Å². The molecule has 0 saturated carbocycles. The summed E-state index contributed by atoms with van der Waals surface area (Å²) in [6, 6.07) is 10.0. The van der Waals surface area contributed by atoms with E-state index < -0.39 is 6.09 Å². The zero-order valence-electron chi connectivity index (χ0n) is 8.21. The first-order valence-corrected chi connectivity index (χ1v) is 4.51. The lowest BCUT2D eigenvalue weighted by molar-refractivity contribution is 0.209. The number of hydrogen-bond donors (Lipinski definition) is 2. The van der Waals surface area contributed by atoms with Crippen molar-refractivity contribution in [2.45, 2.75) is 0 Å². The molecule has 0 aliphatic rings. The van der Waals surface area contributed by atoms with Crippen LogP contribution in [-0.2, 0) is 0 Å². The lowest BCUT2D eigenvalue weighted by atomic mass is 10.3. The Morgan fingerprint density at radius 2 is 2.00 bits per heavy atom. The minimum absolute atomic E-state index is 0.0151. The van der Waals surface area contributed by atoms with E-state index in [-0.39, 0.29) is 11.4 Å². The summed E-state index contributed by atoms with van der Waals surface area (Å²) in [5, 5.41) is 2.61. The monoisotopic (exact) mass is 219 g/mol. The van der Waals surface area contributed by atoms with Crippen molar-refractivity contribution >= 4 is 6.09 Å². The van der Waals surface area contributed by atoms with Gasteiger partial charge in [0, 0.05) is 0 Å². The predicted octanol–water partition coefficient (Wildman–Crippen LogP) is 0.623. The van der Waals surface area contributed by atoms with Gasteiger partial charge in [0.1, 0.15) is 0 Å². The molecule has 0 fully saturated rings. The third-order valence-electron chi connectivity index (χ3n) is 1.92. The Labute approximate surface area is 90.2 Å². The number of carbonyl (C=O) groups excluding carboxylic acids is 1. The van der Waals surface area contributed by atoms with E-state index in [0.717, 1.165) is 6.07 Å². The molecule has 3 N–H and O–H groups in total. The highest BCUT2D eigenvalue weighted by Crippen LogP contribution is 2.07. The fraction of sp³-hybridized carbons (Fsp3) is 0. The molecule has 1 heterocycles. The molecule has 0 aliphatic carbocycles. The summed E-state index contributed by atoms with van der Waals surface area (Å²) in [5.41, 5.74) is 5.14. The summed E-state index contributed by atoms with van der Waals surface area (Å²) in [4.78, 5) is 22.0. The molecule has 6 heteroatoms. The molecule has 0 radical (unpaired) electrons. The molecule has 0 bridgehead atoms. The van der Waals surface area contributed by atoms with Crippen LogP contribution in [0.3, 0.4) is 0 Å². The number of nitrogens with two attached hydrogens (primary N) is 1. The number of benzene rings is 1. The van der Waals surface area contributed by atoms with Crippen molar-refractivity contribution in [1.82, 2.24) is 9.78 Å². The zero-order chi connectivity index (χ0) is 11.5. The number of aromatic amines is 1. The molecule has 0 spiro atoms. The van der Waals surface area contributed by atoms with Gasteiger partial charge in [-0.15, -0.1) is 0 Å². The lowest BCUT2D eigenvalue weighted by Gasteiger charge is -2.00. The van der Waals surface area contributed by atoms with Gasteiger partial charge in [0.15, 0.2) is 0 Å². The van der Waals surface area contributed by atoms with Crippen LogP contribution in [0.4, 0.5) is 4.79 Å². The number of para-hydroxylation sites is 1. The summed E-state index contributed by atoms with van der Waals surface area (Å²) in [6.45, 7) is 0. The van der Waals surface area contributed by atoms with Crippen LogP contribution in [0.25, 0.3) is 5.69 Å². The van der Waals surface area contributed by atoms with E-state index in [4.69, 9.17) is 5.73 Å². The number of primary amides is 1. The normalized spacial score (nSPS) is 10.0. The molecule has 0 unspecified atom stereocenters. The largest absolute Gasteiger partial charge is 0.411 e. The smallest absolute Gasteiger partial charge is 0.392 e. The second kappa shape index (κ2) is 3.93. The Morgan fingerprint density at radius 1 is 1.31 bits per heavy atom. The summed E-state index contributed by atoms with van der Waals surface area (Å²) in [7, 11) is 0. The number of hydrogen-bond acceptors (Lipinski definition) is 3. The van der Waals surface area contributed by atoms with Crippen molar-refractivity contribution < 1.29 is 9.53 Å². The van der Waals surface area contributed by atoms with Crippen LogP contribution >= 0.6 is 0 Å². The summed E-state index contributed by atoms with van der Waals surface area (Å²) in [6.07, 6.45) is -0.971. The molecule has 1 amide bonds. The molecule has 82 valence electrons. The quantitative estimate of drug-likeness (QED) is 0.775.